The monoisotopic (exact) mass is 766 g/mol. The van der Waals surface area contributed by atoms with E-state index in [2.05, 4.69) is 0 Å². The van der Waals surface area contributed by atoms with E-state index in [0.717, 1.165) is 11.1 Å². The summed E-state index contributed by atoms with van der Waals surface area (Å²) < 4.78 is 56.3. The Labute approximate surface area is 319 Å². The Bertz CT molecular complexity index is 1850. The fraction of sp³-hybridized carbons (Fsp3) is 0.425. The smallest absolute Gasteiger partial charge is 0.308 e. The summed E-state index contributed by atoms with van der Waals surface area (Å²) >= 11 is 0. The van der Waals surface area contributed by atoms with Gasteiger partial charge in [0.25, 0.3) is 0 Å². The van der Waals surface area contributed by atoms with Gasteiger partial charge in [0, 0.05) is 46.1 Å². The quantitative estimate of drug-likeness (QED) is 0.0983. The van der Waals surface area contributed by atoms with Crippen molar-refractivity contribution in [3.63, 3.8) is 0 Å². The van der Waals surface area contributed by atoms with Gasteiger partial charge in [0.15, 0.2) is 46.7 Å². The molecule has 0 aromatic heterocycles. The van der Waals surface area contributed by atoms with Gasteiger partial charge < -0.3 is 47.4 Å². The van der Waals surface area contributed by atoms with Gasteiger partial charge in [-0.05, 0) is 59.9 Å². The van der Waals surface area contributed by atoms with Crippen LogP contribution in [0.1, 0.15) is 63.5 Å². The molecule has 1 fully saturated rings. The Morgan fingerprint density at radius 3 is 1.82 bits per heavy atom. The molecule has 1 heterocycles. The third-order valence-electron chi connectivity index (χ3n) is 8.59. The molecule has 1 saturated heterocycles. The topological polar surface area (TPSA) is 178 Å². The lowest BCUT2D eigenvalue weighted by molar-refractivity contribution is -0.157. The van der Waals surface area contributed by atoms with Gasteiger partial charge in [-0.2, -0.15) is 0 Å². The maximum atomic E-state index is 12.4. The van der Waals surface area contributed by atoms with Gasteiger partial charge in [0.2, 0.25) is 0 Å². The highest BCUT2D eigenvalue weighted by molar-refractivity contribution is 5.71. The van der Waals surface area contributed by atoms with Crippen molar-refractivity contribution in [3.8, 4) is 34.5 Å². The molecule has 0 unspecified atom stereocenters. The molecule has 3 aromatic rings. The first kappa shape index (κ1) is 41.9. The van der Waals surface area contributed by atoms with Gasteiger partial charge in [-0.3, -0.25) is 24.0 Å². The summed E-state index contributed by atoms with van der Waals surface area (Å²) in [6, 6.07) is 15.1. The number of hydrogen-bond acceptors (Lipinski definition) is 15. The summed E-state index contributed by atoms with van der Waals surface area (Å²) in [5, 5.41) is 0. The Kier molecular flexibility index (Phi) is 14.8. The number of hydrogen-bond donors (Lipinski definition) is 0. The van der Waals surface area contributed by atoms with Crippen LogP contribution in [0, 0.1) is 11.8 Å². The number of benzene rings is 3. The van der Waals surface area contributed by atoms with E-state index in [4.69, 9.17) is 47.4 Å². The minimum absolute atomic E-state index is 0.0962. The van der Waals surface area contributed by atoms with Crippen LogP contribution in [0.25, 0.3) is 0 Å². The Morgan fingerprint density at radius 2 is 1.24 bits per heavy atom. The van der Waals surface area contributed by atoms with Crippen molar-refractivity contribution in [1.82, 2.24) is 0 Å². The molecule has 55 heavy (non-hydrogen) atoms. The number of carbonyl (C=O) groups is 5. The highest BCUT2D eigenvalue weighted by Crippen LogP contribution is 2.44. The summed E-state index contributed by atoms with van der Waals surface area (Å²) in [7, 11) is 4.34. The fourth-order valence-electron chi connectivity index (χ4n) is 6.24. The second-order valence-corrected chi connectivity index (χ2v) is 12.7. The molecule has 15 heteroatoms. The number of carbonyl (C=O) groups excluding carboxylic acids is 5. The first-order valence-corrected chi connectivity index (χ1v) is 17.3. The molecule has 0 saturated carbocycles. The van der Waals surface area contributed by atoms with E-state index in [1.807, 2.05) is 6.07 Å². The van der Waals surface area contributed by atoms with Crippen LogP contribution in [0.4, 0.5) is 0 Å². The standard InChI is InChI=1S/C40H46O15/c1-22(41)49-20-31-30(19-51-39(31)28-10-13-32(52-24(3)43)36(17-28)47-7)15-27-9-12-34(35(16-27)46-6)55-38(21-50-23(2)42)40(54-26(5)45)29-11-14-33(53-25(4)44)37(18-29)48-8/h9-14,16-18,30-31,38-40H,15,19-21H2,1-8H3/t30-,31-,38+,39+,40+/m0/s1. The Hall–Kier alpha value is -5.83. The average Bonchev–Trinajstić information content (AvgIpc) is 3.53. The molecule has 1 aliphatic rings. The molecule has 15 nitrogen and oxygen atoms in total. The minimum Gasteiger partial charge on any atom is -0.493 e. The zero-order valence-electron chi connectivity index (χ0n) is 32.0. The van der Waals surface area contributed by atoms with E-state index in [0.29, 0.717) is 30.1 Å². The van der Waals surface area contributed by atoms with Crippen molar-refractivity contribution < 1.29 is 71.3 Å². The molecule has 0 amide bonds. The van der Waals surface area contributed by atoms with Gasteiger partial charge in [-0.1, -0.05) is 18.2 Å². The zero-order chi connectivity index (χ0) is 40.2. The Morgan fingerprint density at radius 1 is 0.655 bits per heavy atom. The van der Waals surface area contributed by atoms with E-state index >= 15 is 0 Å². The third-order valence-corrected chi connectivity index (χ3v) is 8.59. The number of ether oxygens (including phenoxy) is 10. The lowest BCUT2D eigenvalue weighted by Gasteiger charge is -2.28. The first-order chi connectivity index (χ1) is 26.2. The largest absolute Gasteiger partial charge is 0.493 e. The van der Waals surface area contributed by atoms with Crippen LogP contribution in [0.5, 0.6) is 34.5 Å². The van der Waals surface area contributed by atoms with Gasteiger partial charge in [-0.25, -0.2) is 0 Å². The van der Waals surface area contributed by atoms with Crippen LogP contribution in [0.15, 0.2) is 54.6 Å². The van der Waals surface area contributed by atoms with Crippen molar-refractivity contribution in [1.29, 1.82) is 0 Å². The summed E-state index contributed by atoms with van der Waals surface area (Å²) in [4.78, 5) is 59.4. The van der Waals surface area contributed by atoms with E-state index in [9.17, 15) is 24.0 Å². The maximum Gasteiger partial charge on any atom is 0.308 e. The van der Waals surface area contributed by atoms with Crippen molar-refractivity contribution >= 4 is 29.8 Å². The van der Waals surface area contributed by atoms with Gasteiger partial charge in [0.1, 0.15) is 6.61 Å². The molecule has 0 spiro atoms. The predicted molar refractivity (Wildman–Crippen MR) is 193 cm³/mol. The summed E-state index contributed by atoms with van der Waals surface area (Å²) in [5.41, 5.74) is 2.02. The SMILES string of the molecule is COc1cc([C@H]2OC[C@H](Cc3ccc(O[C@H](COC(C)=O)[C@H](OC(C)=O)c4ccc(OC(C)=O)c(OC)c4)c(OC)c3)[C@@H]2COC(C)=O)ccc1OC(C)=O. The van der Waals surface area contributed by atoms with Crippen LogP contribution in [-0.2, 0) is 49.3 Å². The summed E-state index contributed by atoms with van der Waals surface area (Å²) in [6.07, 6.45) is -2.14. The number of esters is 5. The number of rotatable bonds is 17. The molecule has 0 radical (unpaired) electrons. The van der Waals surface area contributed by atoms with Crippen LogP contribution in [0.2, 0.25) is 0 Å². The number of methoxy groups -OCH3 is 3. The Balaban J connectivity index is 1.63. The molecule has 0 bridgehead atoms. The summed E-state index contributed by atoms with van der Waals surface area (Å²) in [6.45, 7) is 6.50. The van der Waals surface area contributed by atoms with Crippen LogP contribution in [-0.4, -0.2) is 77.1 Å². The van der Waals surface area contributed by atoms with Crippen molar-refractivity contribution in [2.24, 2.45) is 11.8 Å². The average molecular weight is 767 g/mol. The van der Waals surface area contributed by atoms with E-state index in [1.165, 1.54) is 68.1 Å². The third kappa shape index (κ3) is 11.6. The van der Waals surface area contributed by atoms with Gasteiger partial charge >= 0.3 is 29.8 Å². The summed E-state index contributed by atoms with van der Waals surface area (Å²) in [5.74, 6) is -1.46. The molecule has 3 aromatic carbocycles. The molecule has 0 N–H and O–H groups in total. The zero-order valence-corrected chi connectivity index (χ0v) is 32.0. The molecule has 0 aliphatic carbocycles. The van der Waals surface area contributed by atoms with Crippen LogP contribution >= 0.6 is 0 Å². The van der Waals surface area contributed by atoms with Gasteiger partial charge in [0.05, 0.1) is 40.6 Å². The van der Waals surface area contributed by atoms with E-state index < -0.39 is 48.2 Å². The lowest BCUT2D eigenvalue weighted by atomic mass is 9.84. The molecule has 5 atom stereocenters. The minimum atomic E-state index is -1.11. The van der Waals surface area contributed by atoms with Crippen molar-refractivity contribution in [3.05, 3.63) is 71.3 Å². The van der Waals surface area contributed by atoms with Crippen molar-refractivity contribution in [2.45, 2.75) is 59.4 Å². The predicted octanol–water partition coefficient (Wildman–Crippen LogP) is 5.29. The van der Waals surface area contributed by atoms with Crippen molar-refractivity contribution in [2.75, 3.05) is 41.2 Å². The molecule has 4 rings (SSSR count). The van der Waals surface area contributed by atoms with E-state index in [-0.39, 0.29) is 48.0 Å². The highest BCUT2D eigenvalue weighted by atomic mass is 16.6. The molecular weight excluding hydrogens is 720 g/mol. The van der Waals surface area contributed by atoms with E-state index in [1.54, 1.807) is 36.4 Å². The fourth-order valence-corrected chi connectivity index (χ4v) is 6.24. The first-order valence-electron chi connectivity index (χ1n) is 17.3. The normalized spacial score (nSPS) is 17.2. The van der Waals surface area contributed by atoms with Crippen LogP contribution < -0.4 is 28.4 Å². The van der Waals surface area contributed by atoms with Crippen LogP contribution in [0.3, 0.4) is 0 Å². The molecule has 296 valence electrons. The second kappa shape index (κ2) is 19.5. The maximum absolute atomic E-state index is 12.4. The lowest BCUT2D eigenvalue weighted by Crippen LogP contribution is -2.34. The molecular formula is C40H46O15. The van der Waals surface area contributed by atoms with Gasteiger partial charge in [-0.15, -0.1) is 0 Å². The molecule has 1 aliphatic heterocycles. The second-order valence-electron chi connectivity index (χ2n) is 12.7. The highest BCUT2D eigenvalue weighted by Gasteiger charge is 2.40.